The summed E-state index contributed by atoms with van der Waals surface area (Å²) < 4.78 is 5.42. The minimum atomic E-state index is -0.517. The third-order valence-corrected chi connectivity index (χ3v) is 3.90. The van der Waals surface area contributed by atoms with Crippen LogP contribution in [0.4, 0.5) is 0 Å². The Balaban J connectivity index is 5.01. The molecule has 0 bridgehead atoms. The van der Waals surface area contributed by atoms with Crippen molar-refractivity contribution in [1.29, 1.82) is 0 Å². The van der Waals surface area contributed by atoms with Crippen LogP contribution < -0.4 is 0 Å². The summed E-state index contributed by atoms with van der Waals surface area (Å²) in [5.41, 5.74) is -0.590. The first-order valence-corrected chi connectivity index (χ1v) is 5.31. The van der Waals surface area contributed by atoms with Gasteiger partial charge in [-0.1, -0.05) is 41.2 Å². The summed E-state index contributed by atoms with van der Waals surface area (Å²) in [7, 11) is 0. The van der Waals surface area contributed by atoms with Crippen LogP contribution in [-0.4, -0.2) is 11.6 Å². The number of rotatable bonds is 3. The number of carbonyl (C=O) groups is 1. The van der Waals surface area contributed by atoms with Gasteiger partial charge in [-0.05, 0) is 19.3 Å². The van der Waals surface area contributed by atoms with E-state index < -0.39 is 5.60 Å². The average Bonchev–Trinajstić information content (AvgIpc) is 2.00. The number of hydrogen-bond donors (Lipinski definition) is 0. The van der Waals surface area contributed by atoms with Crippen molar-refractivity contribution in [2.24, 2.45) is 10.8 Å². The van der Waals surface area contributed by atoms with Crippen LogP contribution in [0.25, 0.3) is 0 Å². The molecule has 15 heavy (non-hydrogen) atoms. The lowest BCUT2D eigenvalue weighted by molar-refractivity contribution is -0.172. The van der Waals surface area contributed by atoms with E-state index in [4.69, 9.17) is 4.74 Å². The van der Waals surface area contributed by atoms with Gasteiger partial charge >= 0.3 is 5.97 Å². The molecular formula is C13H24O2. The second-order valence-electron chi connectivity index (χ2n) is 6.01. The molecule has 0 saturated carbocycles. The first kappa shape index (κ1) is 14.2. The van der Waals surface area contributed by atoms with Gasteiger partial charge in [0.05, 0.1) is 0 Å². The predicted octanol–water partition coefficient (Wildman–Crippen LogP) is 3.57. The Bertz CT molecular complexity index is 254. The molecule has 0 aromatic carbocycles. The van der Waals surface area contributed by atoms with Crippen LogP contribution in [0.2, 0.25) is 0 Å². The highest BCUT2D eigenvalue weighted by molar-refractivity contribution is 5.81. The maximum Gasteiger partial charge on any atom is 0.330 e. The molecule has 2 heteroatoms. The molecule has 0 radical (unpaired) electrons. The predicted molar refractivity (Wildman–Crippen MR) is 63.6 cm³/mol. The smallest absolute Gasteiger partial charge is 0.330 e. The lowest BCUT2D eigenvalue weighted by Gasteiger charge is -2.49. The second-order valence-corrected chi connectivity index (χ2v) is 6.01. The van der Waals surface area contributed by atoms with Gasteiger partial charge < -0.3 is 4.74 Å². The Hall–Kier alpha value is -0.790. The number of carbonyl (C=O) groups excluding carboxylic acids is 1. The van der Waals surface area contributed by atoms with Crippen LogP contribution in [0.1, 0.15) is 48.5 Å². The summed E-state index contributed by atoms with van der Waals surface area (Å²) >= 11 is 0. The van der Waals surface area contributed by atoms with Gasteiger partial charge in [0.1, 0.15) is 5.60 Å². The monoisotopic (exact) mass is 212 g/mol. The van der Waals surface area contributed by atoms with Crippen molar-refractivity contribution in [3.8, 4) is 0 Å². The van der Waals surface area contributed by atoms with Crippen LogP contribution in [0.5, 0.6) is 0 Å². The molecule has 0 aromatic rings. The molecule has 0 aliphatic heterocycles. The molecule has 0 spiro atoms. The molecule has 0 aromatic heterocycles. The normalized spacial score (nSPS) is 13.5. The van der Waals surface area contributed by atoms with E-state index in [9.17, 15) is 4.79 Å². The van der Waals surface area contributed by atoms with Gasteiger partial charge in [0, 0.05) is 11.5 Å². The van der Waals surface area contributed by atoms with Gasteiger partial charge in [-0.15, -0.1) is 0 Å². The van der Waals surface area contributed by atoms with Gasteiger partial charge in [0.2, 0.25) is 0 Å². The Morgan fingerprint density at radius 2 is 1.47 bits per heavy atom. The molecule has 0 aliphatic rings. The average molecular weight is 212 g/mol. The zero-order valence-corrected chi connectivity index (χ0v) is 11.1. The molecule has 0 N–H and O–H groups in total. The van der Waals surface area contributed by atoms with Crippen molar-refractivity contribution in [2.75, 3.05) is 0 Å². The summed E-state index contributed by atoms with van der Waals surface area (Å²) in [6, 6.07) is 0. The first-order chi connectivity index (χ1) is 6.45. The van der Waals surface area contributed by atoms with Crippen LogP contribution >= 0.6 is 0 Å². The van der Waals surface area contributed by atoms with E-state index in [-0.39, 0.29) is 16.8 Å². The Morgan fingerprint density at radius 3 is 1.73 bits per heavy atom. The number of esters is 1. The van der Waals surface area contributed by atoms with Crippen LogP contribution in [0.15, 0.2) is 12.7 Å². The summed E-state index contributed by atoms with van der Waals surface area (Å²) in [5, 5.41) is 0. The molecule has 0 heterocycles. The first-order valence-electron chi connectivity index (χ1n) is 5.31. The fourth-order valence-electron chi connectivity index (χ4n) is 1.32. The van der Waals surface area contributed by atoms with E-state index in [0.29, 0.717) is 0 Å². The molecule has 0 unspecified atom stereocenters. The van der Waals surface area contributed by atoms with Gasteiger partial charge in [0.15, 0.2) is 0 Å². The van der Waals surface area contributed by atoms with E-state index in [1.807, 2.05) is 13.8 Å². The van der Waals surface area contributed by atoms with Gasteiger partial charge in [-0.25, -0.2) is 4.79 Å². The lowest BCUT2D eigenvalue weighted by Crippen LogP contribution is -2.50. The molecule has 0 fully saturated rings. The number of hydrogen-bond acceptors (Lipinski definition) is 2. The van der Waals surface area contributed by atoms with E-state index in [1.54, 1.807) is 0 Å². The highest BCUT2D eigenvalue weighted by Crippen LogP contribution is 2.47. The molecular weight excluding hydrogens is 188 g/mol. The van der Waals surface area contributed by atoms with Crippen molar-refractivity contribution in [3.63, 3.8) is 0 Å². The molecule has 88 valence electrons. The minimum Gasteiger partial charge on any atom is -0.456 e. The standard InChI is InChI=1S/C13H24O2/c1-9-10(14)15-13(7,8)12(5,6)11(2,3)4/h9H,1H2,2-8H3. The van der Waals surface area contributed by atoms with Crippen molar-refractivity contribution in [2.45, 2.75) is 54.1 Å². The highest BCUT2D eigenvalue weighted by atomic mass is 16.6. The zero-order chi connectivity index (χ0) is 12.5. The summed E-state index contributed by atoms with van der Waals surface area (Å²) in [5.74, 6) is -0.364. The van der Waals surface area contributed by atoms with E-state index >= 15 is 0 Å². The van der Waals surface area contributed by atoms with Crippen LogP contribution in [0, 0.1) is 10.8 Å². The fraction of sp³-hybridized carbons (Fsp3) is 0.769. The lowest BCUT2D eigenvalue weighted by atomic mass is 9.61. The van der Waals surface area contributed by atoms with E-state index in [2.05, 4.69) is 41.2 Å². The Morgan fingerprint density at radius 1 is 1.07 bits per heavy atom. The van der Waals surface area contributed by atoms with Crippen LogP contribution in [0.3, 0.4) is 0 Å². The van der Waals surface area contributed by atoms with Gasteiger partial charge in [0.25, 0.3) is 0 Å². The van der Waals surface area contributed by atoms with Gasteiger partial charge in [-0.3, -0.25) is 0 Å². The summed E-state index contributed by atoms with van der Waals surface area (Å²) in [4.78, 5) is 11.3. The van der Waals surface area contributed by atoms with E-state index in [0.717, 1.165) is 0 Å². The molecule has 0 rings (SSSR count). The quantitative estimate of drug-likeness (QED) is 0.528. The van der Waals surface area contributed by atoms with E-state index in [1.165, 1.54) is 6.08 Å². The molecule has 0 saturated heterocycles. The molecule has 0 atom stereocenters. The minimum absolute atomic E-state index is 0.0535. The largest absolute Gasteiger partial charge is 0.456 e. The molecule has 0 amide bonds. The third kappa shape index (κ3) is 2.83. The maximum atomic E-state index is 11.3. The van der Waals surface area contributed by atoms with Gasteiger partial charge in [-0.2, -0.15) is 0 Å². The SMILES string of the molecule is C=CC(=O)OC(C)(C)C(C)(C)C(C)(C)C. The molecule has 0 aliphatic carbocycles. The fourth-order valence-corrected chi connectivity index (χ4v) is 1.32. The van der Waals surface area contributed by atoms with Crippen molar-refractivity contribution >= 4 is 5.97 Å². The Kier molecular flexibility index (Phi) is 3.78. The van der Waals surface area contributed by atoms with Crippen molar-refractivity contribution < 1.29 is 9.53 Å². The zero-order valence-electron chi connectivity index (χ0n) is 11.1. The van der Waals surface area contributed by atoms with Crippen molar-refractivity contribution in [1.82, 2.24) is 0 Å². The highest BCUT2D eigenvalue weighted by Gasteiger charge is 2.47. The molecule has 2 nitrogen and oxygen atoms in total. The van der Waals surface area contributed by atoms with Crippen molar-refractivity contribution in [3.05, 3.63) is 12.7 Å². The maximum absolute atomic E-state index is 11.3. The topological polar surface area (TPSA) is 26.3 Å². The summed E-state index contributed by atoms with van der Waals surface area (Å²) in [6.07, 6.45) is 1.21. The summed E-state index contributed by atoms with van der Waals surface area (Å²) in [6.45, 7) is 18.0. The Labute approximate surface area is 93.7 Å². The third-order valence-electron chi connectivity index (χ3n) is 3.90. The van der Waals surface area contributed by atoms with Crippen LogP contribution in [-0.2, 0) is 9.53 Å². The number of ether oxygens (including phenoxy) is 1. The second kappa shape index (κ2) is 3.99.